The molecule has 4 aromatic carbocycles. The topological polar surface area (TPSA) is 0 Å². The number of hydrogen-bond donors (Lipinski definition) is 0. The van der Waals surface area contributed by atoms with Crippen LogP contribution in [0.5, 0.6) is 0 Å². The molecule has 0 heterocycles. The van der Waals surface area contributed by atoms with E-state index in [-0.39, 0.29) is 0 Å². The maximum Gasteiger partial charge on any atom is 0.146 e. The molecule has 2 unspecified atom stereocenters. The minimum absolute atomic E-state index is 0.310. The van der Waals surface area contributed by atoms with E-state index in [0.717, 1.165) is 12.8 Å². The van der Waals surface area contributed by atoms with Gasteiger partial charge in [0.05, 0.1) is 25.0 Å². The molecule has 0 amide bonds. The quantitative estimate of drug-likeness (QED) is 0.313. The maximum atomic E-state index is 2.47. The summed E-state index contributed by atoms with van der Waals surface area (Å²) in [6.07, 6.45) is 11.8. The predicted molar refractivity (Wildman–Crippen MR) is 139 cm³/mol. The first kappa shape index (κ1) is 20.0. The van der Waals surface area contributed by atoms with Gasteiger partial charge in [0.1, 0.15) is 10.5 Å². The Bertz CT molecular complexity index is 1130. The van der Waals surface area contributed by atoms with Crippen LogP contribution in [0, 0.1) is 0 Å². The standard InChI is InChI=1S/C28H30S2/c1-29(2)27-15-19-5-7-21-8-6-20(14-25(21)13-19)16-28(30(3)4)24-12-10-22-9-11-23(27)17-26(22)18-24/h5-14,17-18,27-28H,15-16H2,1-4H3/q+2. The molecular formula is C28H30S2+2. The van der Waals surface area contributed by atoms with Crippen LogP contribution >= 0.6 is 0 Å². The number of rotatable bonds is 2. The van der Waals surface area contributed by atoms with Crippen molar-refractivity contribution in [2.24, 2.45) is 0 Å². The van der Waals surface area contributed by atoms with E-state index in [1.165, 1.54) is 43.8 Å². The van der Waals surface area contributed by atoms with Crippen molar-refractivity contribution in [3.63, 3.8) is 0 Å². The van der Waals surface area contributed by atoms with Crippen molar-refractivity contribution in [3.05, 3.63) is 95.1 Å². The minimum Gasteiger partial charge on any atom is -0.0582 e. The molecule has 30 heavy (non-hydrogen) atoms. The molecule has 2 atom stereocenters. The Morgan fingerprint density at radius 1 is 0.500 bits per heavy atom. The summed E-state index contributed by atoms with van der Waals surface area (Å²) in [6, 6.07) is 28.5. The smallest absolute Gasteiger partial charge is 0.0582 e. The van der Waals surface area contributed by atoms with Gasteiger partial charge in [-0.3, -0.25) is 0 Å². The van der Waals surface area contributed by atoms with Gasteiger partial charge in [-0.05, 0) is 66.6 Å². The third-order valence-electron chi connectivity index (χ3n) is 6.58. The zero-order valence-electron chi connectivity index (χ0n) is 18.3. The molecule has 0 saturated carbocycles. The highest BCUT2D eigenvalue weighted by atomic mass is 32.2. The molecule has 0 aliphatic heterocycles. The fourth-order valence-corrected chi connectivity index (χ4v) is 7.26. The summed E-state index contributed by atoms with van der Waals surface area (Å²) >= 11 is 0. The van der Waals surface area contributed by atoms with Crippen LogP contribution in [0.4, 0.5) is 0 Å². The van der Waals surface area contributed by atoms with Crippen LogP contribution in [0.2, 0.25) is 0 Å². The van der Waals surface area contributed by atoms with E-state index in [4.69, 9.17) is 0 Å². The van der Waals surface area contributed by atoms with Crippen LogP contribution in [0.15, 0.2) is 72.8 Å². The highest BCUT2D eigenvalue weighted by molar-refractivity contribution is 7.96. The summed E-state index contributed by atoms with van der Waals surface area (Å²) in [6.45, 7) is 0. The van der Waals surface area contributed by atoms with E-state index in [1.54, 1.807) is 0 Å². The highest BCUT2D eigenvalue weighted by Crippen LogP contribution is 2.34. The molecule has 4 aromatic rings. The largest absolute Gasteiger partial charge is 0.146 e. The SMILES string of the molecule is C[S+](C)C1Cc2ccc3ccc(cc3c2)CC([S+](C)C)c2ccc3ccc1cc3c2. The van der Waals surface area contributed by atoms with E-state index in [1.807, 2.05) is 0 Å². The molecule has 1 aliphatic rings. The molecule has 0 radical (unpaired) electrons. The molecule has 0 N–H and O–H groups in total. The van der Waals surface area contributed by atoms with E-state index in [9.17, 15) is 0 Å². The van der Waals surface area contributed by atoms with Gasteiger partial charge in [0.15, 0.2) is 0 Å². The van der Waals surface area contributed by atoms with Crippen molar-refractivity contribution in [3.8, 4) is 0 Å². The molecule has 5 rings (SSSR count). The molecule has 0 aromatic heterocycles. The van der Waals surface area contributed by atoms with Crippen molar-refractivity contribution >= 4 is 43.3 Å². The van der Waals surface area contributed by atoms with Crippen LogP contribution < -0.4 is 0 Å². The Hall–Kier alpha value is -1.90. The van der Waals surface area contributed by atoms with E-state index >= 15 is 0 Å². The molecular weight excluding hydrogens is 400 g/mol. The first-order valence-corrected chi connectivity index (χ1v) is 14.9. The van der Waals surface area contributed by atoms with Gasteiger partial charge in [-0.1, -0.05) is 60.7 Å². The first-order chi connectivity index (χ1) is 14.5. The summed E-state index contributed by atoms with van der Waals surface area (Å²) in [5.74, 6) is 0. The summed E-state index contributed by atoms with van der Waals surface area (Å²) in [4.78, 5) is 0. The average Bonchev–Trinajstić information content (AvgIpc) is 2.73. The van der Waals surface area contributed by atoms with Crippen LogP contribution in [0.3, 0.4) is 0 Å². The van der Waals surface area contributed by atoms with E-state index in [2.05, 4.69) is 97.8 Å². The van der Waals surface area contributed by atoms with Gasteiger partial charge in [-0.2, -0.15) is 0 Å². The number of fused-ring (bicyclic) bond motifs is 4. The molecule has 0 nitrogen and oxygen atoms in total. The molecule has 152 valence electrons. The summed E-state index contributed by atoms with van der Waals surface area (Å²) in [7, 11) is 0.620. The Kier molecular flexibility index (Phi) is 5.33. The fraction of sp³-hybridized carbons (Fsp3) is 0.286. The van der Waals surface area contributed by atoms with Crippen molar-refractivity contribution < 1.29 is 0 Å². The van der Waals surface area contributed by atoms with Crippen LogP contribution in [0.1, 0.15) is 32.8 Å². The lowest BCUT2D eigenvalue weighted by atomic mass is 9.94. The second-order valence-corrected chi connectivity index (χ2v) is 13.7. The molecule has 0 fully saturated rings. The third-order valence-corrected chi connectivity index (χ3v) is 9.74. The van der Waals surface area contributed by atoms with Crippen LogP contribution in [0.25, 0.3) is 21.5 Å². The van der Waals surface area contributed by atoms with Crippen molar-refractivity contribution in [1.29, 1.82) is 0 Å². The second-order valence-electron chi connectivity index (χ2n) is 9.03. The van der Waals surface area contributed by atoms with Gasteiger partial charge in [0.2, 0.25) is 0 Å². The maximum absolute atomic E-state index is 2.47. The Morgan fingerprint density at radius 2 is 0.900 bits per heavy atom. The first-order valence-electron chi connectivity index (χ1n) is 10.7. The highest BCUT2D eigenvalue weighted by Gasteiger charge is 2.27. The van der Waals surface area contributed by atoms with Gasteiger partial charge in [0, 0.05) is 24.0 Å². The van der Waals surface area contributed by atoms with Crippen LogP contribution in [-0.2, 0) is 34.6 Å². The number of benzene rings is 4. The molecule has 0 saturated heterocycles. The summed E-state index contributed by atoms with van der Waals surface area (Å²) in [5, 5.41) is 6.62. The van der Waals surface area contributed by atoms with Crippen LogP contribution in [-0.4, -0.2) is 25.0 Å². The number of hydrogen-bond acceptors (Lipinski definition) is 0. The van der Waals surface area contributed by atoms with Crippen molar-refractivity contribution in [2.45, 2.75) is 23.3 Å². The van der Waals surface area contributed by atoms with E-state index < -0.39 is 0 Å². The normalized spacial score (nSPS) is 19.0. The average molecular weight is 431 g/mol. The van der Waals surface area contributed by atoms with Crippen molar-refractivity contribution in [1.82, 2.24) is 0 Å². The Balaban J connectivity index is 1.75. The monoisotopic (exact) mass is 430 g/mol. The zero-order chi connectivity index (χ0) is 20.8. The van der Waals surface area contributed by atoms with Gasteiger partial charge < -0.3 is 0 Å². The molecule has 0 spiro atoms. The van der Waals surface area contributed by atoms with E-state index in [0.29, 0.717) is 32.3 Å². The lowest BCUT2D eigenvalue weighted by molar-refractivity contribution is 0.922. The van der Waals surface area contributed by atoms with Gasteiger partial charge in [-0.25, -0.2) is 0 Å². The second kappa shape index (κ2) is 7.98. The molecule has 2 heteroatoms. The lowest BCUT2D eigenvalue weighted by Crippen LogP contribution is -2.15. The van der Waals surface area contributed by atoms with Gasteiger partial charge >= 0.3 is 0 Å². The fourth-order valence-electron chi connectivity index (χ4n) is 4.83. The Morgan fingerprint density at radius 3 is 1.33 bits per heavy atom. The third kappa shape index (κ3) is 3.76. The van der Waals surface area contributed by atoms with Gasteiger partial charge in [0.25, 0.3) is 0 Å². The van der Waals surface area contributed by atoms with Crippen molar-refractivity contribution in [2.75, 3.05) is 25.0 Å². The Labute approximate surface area is 186 Å². The summed E-state index contributed by atoms with van der Waals surface area (Å²) < 4.78 is 0. The molecule has 6 bridgehead atoms. The molecule has 1 aliphatic carbocycles. The minimum atomic E-state index is 0.310. The summed E-state index contributed by atoms with van der Waals surface area (Å²) in [5.41, 5.74) is 5.89. The lowest BCUT2D eigenvalue weighted by Gasteiger charge is -2.19. The van der Waals surface area contributed by atoms with Gasteiger partial charge in [-0.15, -0.1) is 0 Å². The zero-order valence-corrected chi connectivity index (χ0v) is 19.9. The predicted octanol–water partition coefficient (Wildman–Crippen LogP) is 6.63.